The van der Waals surface area contributed by atoms with E-state index in [1.165, 1.54) is 73.2 Å². The van der Waals surface area contributed by atoms with Gasteiger partial charge in [0.15, 0.2) is 69.4 Å². The second-order valence-corrected chi connectivity index (χ2v) is 31.4. The van der Waals surface area contributed by atoms with Crippen LogP contribution in [0.15, 0.2) is 351 Å². The number of aromatic nitrogens is 2. The number of carbonyl (C=O) groups is 12. The predicted octanol–water partition coefficient (Wildman–Crippen LogP) is 27.4. The van der Waals surface area contributed by atoms with E-state index in [-0.39, 0.29) is 152 Å². The number of aryl methyl sites for hydroxylation is 1. The number of halogens is 8. The molecule has 19 nitrogen and oxygen atoms in total. The lowest BCUT2D eigenvalue weighted by molar-refractivity contribution is -0.138. The maximum Gasteiger partial charge on any atom is 0.417 e. The number of rotatable bonds is 30. The second kappa shape index (κ2) is 45.6. The molecule has 0 fully saturated rings. The highest BCUT2D eigenvalue weighted by molar-refractivity contribution is 6.09. The highest BCUT2D eigenvalue weighted by Crippen LogP contribution is 2.35. The number of ketones is 12. The topological polar surface area (TPSA) is 299 Å². The summed E-state index contributed by atoms with van der Waals surface area (Å²) < 4.78 is 130. The Morgan fingerprint density at radius 2 is 0.569 bits per heavy atom. The van der Waals surface area contributed by atoms with E-state index in [1.807, 2.05) is 43.3 Å². The fourth-order valence-corrected chi connectivity index (χ4v) is 14.4. The molecule has 0 aliphatic heterocycles. The van der Waals surface area contributed by atoms with E-state index in [9.17, 15) is 92.7 Å². The predicted molar refractivity (Wildman–Crippen MR) is 498 cm³/mol. The summed E-state index contributed by atoms with van der Waals surface area (Å²) in [5.41, 5.74) is 8.65. The van der Waals surface area contributed by atoms with Gasteiger partial charge in [-0.3, -0.25) is 57.5 Å². The normalized spacial score (nSPS) is 11.1. The number of carbonyl (C=O) groups excluding carboxylic acids is 12. The molecule has 0 spiro atoms. The lowest BCUT2D eigenvalue weighted by atomic mass is 9.97. The van der Waals surface area contributed by atoms with Crippen LogP contribution in [0.5, 0.6) is 0 Å². The van der Waals surface area contributed by atoms with Crippen molar-refractivity contribution >= 4 is 135 Å². The Hall–Kier alpha value is -16.7. The average molecular weight is 1860 g/mol. The number of furan rings is 5. The number of Topliss-reactive ketones (excluding diaryl/α,β-unsaturated/α-hetero) is 12. The Morgan fingerprint density at radius 3 is 0.949 bits per heavy atom. The van der Waals surface area contributed by atoms with Gasteiger partial charge in [0.2, 0.25) is 0 Å². The third-order valence-electron chi connectivity index (χ3n) is 21.9. The zero-order chi connectivity index (χ0) is 97.3. The molecule has 27 heteroatoms. The van der Waals surface area contributed by atoms with Crippen molar-refractivity contribution < 1.29 is 115 Å². The van der Waals surface area contributed by atoms with Crippen LogP contribution in [-0.2, 0) is 12.4 Å². The van der Waals surface area contributed by atoms with Gasteiger partial charge in [-0.05, 0) is 189 Å². The zero-order valence-electron chi connectivity index (χ0n) is 73.1. The molecule has 18 rings (SSSR count). The summed E-state index contributed by atoms with van der Waals surface area (Å²) in [4.78, 5) is 152. The first-order valence-electron chi connectivity index (χ1n) is 43.0. The third kappa shape index (κ3) is 26.8. The Balaban J connectivity index is 0.000000139. The number of alkyl halides is 6. The van der Waals surface area contributed by atoms with Crippen molar-refractivity contribution in [1.82, 2.24) is 9.97 Å². The van der Waals surface area contributed by atoms with E-state index in [4.69, 9.17) is 22.1 Å². The molecule has 137 heavy (non-hydrogen) atoms. The minimum atomic E-state index is -4.61. The van der Waals surface area contributed by atoms with Crippen LogP contribution >= 0.6 is 0 Å². The van der Waals surface area contributed by atoms with Crippen LogP contribution in [0.4, 0.5) is 35.1 Å². The first-order valence-corrected chi connectivity index (χ1v) is 43.0. The number of aromatic amines is 1. The van der Waals surface area contributed by atoms with Gasteiger partial charge in [0, 0.05) is 165 Å². The summed E-state index contributed by atoms with van der Waals surface area (Å²) in [6.45, 7) is 1.98. The van der Waals surface area contributed by atoms with Gasteiger partial charge in [-0.2, -0.15) is 26.3 Å². The number of fused-ring (bicyclic) bond motifs is 6. The van der Waals surface area contributed by atoms with Crippen molar-refractivity contribution in [3.8, 4) is 0 Å². The van der Waals surface area contributed by atoms with E-state index in [1.54, 1.807) is 195 Å². The molecule has 1 N–H and O–H groups in total. The van der Waals surface area contributed by atoms with Crippen LogP contribution in [0, 0.1) is 18.6 Å². The van der Waals surface area contributed by atoms with Gasteiger partial charge in [-0.1, -0.05) is 115 Å². The summed E-state index contributed by atoms with van der Waals surface area (Å²) in [6, 6.07) is 76.1. The van der Waals surface area contributed by atoms with Crippen molar-refractivity contribution in [1.29, 1.82) is 0 Å². The standard InChI is InChI=1S/2C19H13F3O3.C19H16O3.2C18H13FO3.C17H14N2O2/c20-19(21,22)15-3-1-2-12(11-15)16(23)5-6-17(24)13-4-7-18-14(10-13)8-9-25-18;20-19(21,22)15-4-2-1-3-14(15)17(24)7-6-16(23)12-5-8-18-13(11-12)9-10-25-18;1-13-2-4-14(5-3-13)17(20)7-8-18(21)15-6-9-19-16(12-15)10-11-22-19;19-15-3-1-2-12(11-15)16(20)5-6-17(21)13-4-7-18-14(10-13)8-9-22-18;19-15-4-2-1-3-14(15)17(21)7-6-16(20)12-5-8-18-13(11-12)9-10-22-18;20-16(12-4-2-1-3-5-12)8-9-17(21)13-6-7-14-15(10-13)19-11-18-14/h1-4,7-11H,5-6H2;1-5,8-11H,6-7H2;2-6,9-12H,7-8H2,1H3;1-4,7-11H,5-6H2;1-5,8-11H,6-7H2;1-7,10-11H,8-9H2,(H,18,19). The van der Waals surface area contributed by atoms with Crippen molar-refractivity contribution in [2.24, 2.45) is 0 Å². The molecule has 0 aliphatic rings. The summed E-state index contributed by atoms with van der Waals surface area (Å²) in [6.07, 6.45) is 0.626. The summed E-state index contributed by atoms with van der Waals surface area (Å²) >= 11 is 0. The average Bonchev–Trinajstić information content (AvgIpc) is 1.60. The lowest BCUT2D eigenvalue weighted by Crippen LogP contribution is -2.14. The van der Waals surface area contributed by atoms with E-state index >= 15 is 0 Å². The Morgan fingerprint density at radius 1 is 0.270 bits per heavy atom. The monoisotopic (exact) mass is 1850 g/mol. The molecule has 12 aromatic carbocycles. The highest BCUT2D eigenvalue weighted by Gasteiger charge is 2.35. The molecule has 6 heterocycles. The summed E-state index contributed by atoms with van der Waals surface area (Å²) in [7, 11) is 0. The van der Waals surface area contributed by atoms with Gasteiger partial charge in [0.05, 0.1) is 65.4 Å². The number of nitrogens with one attached hydrogen (secondary N) is 1. The SMILES string of the molecule is Cc1ccc(C(=O)CCC(=O)c2ccc3occc3c2)cc1.O=C(CCC(=O)c1ccc2nc[nH]c2c1)c1ccccc1.O=C(CCC(=O)c1ccc2occc2c1)c1cccc(C(F)(F)F)c1.O=C(CCC(=O)c1ccc2occc2c1)c1cccc(F)c1.O=C(CCC(=O)c1ccccc1C(F)(F)F)c1ccc2occc2c1.O=C(CCC(=O)c1ccccc1F)c1ccc2occc2c1. The van der Waals surface area contributed by atoms with E-state index < -0.39 is 52.2 Å². The van der Waals surface area contributed by atoms with Crippen LogP contribution in [0.3, 0.4) is 0 Å². The van der Waals surface area contributed by atoms with Crippen LogP contribution in [-0.4, -0.2) is 79.4 Å². The number of benzene rings is 12. The van der Waals surface area contributed by atoms with E-state index in [0.29, 0.717) is 66.8 Å². The van der Waals surface area contributed by atoms with Crippen molar-refractivity contribution in [2.75, 3.05) is 0 Å². The number of hydrogen-bond acceptors (Lipinski definition) is 18. The maximum absolute atomic E-state index is 13.5. The van der Waals surface area contributed by atoms with E-state index in [2.05, 4.69) is 9.97 Å². The fourth-order valence-electron chi connectivity index (χ4n) is 14.4. The Kier molecular flexibility index (Phi) is 32.6. The fraction of sp³-hybridized carbons (Fsp3) is 0.136. The molecule has 0 unspecified atom stereocenters. The highest BCUT2D eigenvalue weighted by atomic mass is 19.4. The molecule has 690 valence electrons. The molecular formula is C110H82F8N2O17. The van der Waals surface area contributed by atoms with E-state index in [0.717, 1.165) is 73.4 Å². The molecule has 0 amide bonds. The number of nitrogens with zero attached hydrogens (tertiary/aromatic N) is 1. The third-order valence-corrected chi connectivity index (χ3v) is 21.9. The molecule has 6 aromatic heterocycles. The van der Waals surface area contributed by atoms with Gasteiger partial charge in [0.1, 0.15) is 39.5 Å². The first-order chi connectivity index (χ1) is 65.8. The minimum absolute atomic E-state index is 0.00209. The molecule has 0 aliphatic carbocycles. The van der Waals surface area contributed by atoms with Crippen molar-refractivity contribution in [3.05, 3.63) is 424 Å². The van der Waals surface area contributed by atoms with Gasteiger partial charge in [-0.15, -0.1) is 0 Å². The van der Waals surface area contributed by atoms with Crippen LogP contribution in [0.1, 0.15) is 218 Å². The molecular weight excluding hydrogens is 1770 g/mol. The van der Waals surface area contributed by atoms with Gasteiger partial charge in [0.25, 0.3) is 0 Å². The number of H-pyrrole nitrogens is 1. The molecule has 18 aromatic rings. The van der Waals surface area contributed by atoms with Crippen molar-refractivity contribution in [2.45, 2.75) is 96.3 Å². The van der Waals surface area contributed by atoms with Gasteiger partial charge in [-0.25, -0.2) is 13.8 Å². The summed E-state index contributed by atoms with van der Waals surface area (Å²) in [5, 5.41) is 4.11. The van der Waals surface area contributed by atoms with Crippen LogP contribution in [0.25, 0.3) is 65.9 Å². The van der Waals surface area contributed by atoms with Gasteiger partial charge < -0.3 is 27.1 Å². The minimum Gasteiger partial charge on any atom is -0.464 e. The summed E-state index contributed by atoms with van der Waals surface area (Å²) in [5.74, 6) is -3.70. The molecule has 0 radical (unpaired) electrons. The second-order valence-electron chi connectivity index (χ2n) is 31.4. The molecule has 0 bridgehead atoms. The molecule has 0 saturated heterocycles. The molecule has 0 atom stereocenters. The molecule has 0 saturated carbocycles. The maximum atomic E-state index is 13.5. The zero-order valence-corrected chi connectivity index (χ0v) is 73.1. The smallest absolute Gasteiger partial charge is 0.417 e. The number of imidazole rings is 1. The number of hydrogen-bond donors (Lipinski definition) is 1. The Labute approximate surface area is 776 Å². The Bertz CT molecular complexity index is 7470. The van der Waals surface area contributed by atoms with Crippen LogP contribution in [0.2, 0.25) is 0 Å². The quantitative estimate of drug-likeness (QED) is 0.0323. The van der Waals surface area contributed by atoms with Crippen LogP contribution < -0.4 is 0 Å². The largest absolute Gasteiger partial charge is 0.464 e. The van der Waals surface area contributed by atoms with Gasteiger partial charge >= 0.3 is 12.4 Å². The van der Waals surface area contributed by atoms with Crippen molar-refractivity contribution in [3.63, 3.8) is 0 Å². The lowest BCUT2D eigenvalue weighted by Gasteiger charge is -2.11. The first kappa shape index (κ1) is 97.8.